The van der Waals surface area contributed by atoms with Gasteiger partial charge in [-0.15, -0.1) is 0 Å². The zero-order chi connectivity index (χ0) is 12.8. The number of methoxy groups -OCH3 is 1. The smallest absolute Gasteiger partial charge is 0.323 e. The molecule has 1 unspecified atom stereocenters. The highest BCUT2D eigenvalue weighted by atomic mass is 16.5. The zero-order valence-electron chi connectivity index (χ0n) is 10.9. The molecule has 1 rings (SSSR count). The second-order valence-corrected chi connectivity index (χ2v) is 4.45. The largest absolute Gasteiger partial charge is 0.468 e. The quantitative estimate of drug-likeness (QED) is 0.656. The SMILES string of the molecule is CCCN(CC(=O)NC)C(C(=O)OC)C1CC1. The fourth-order valence-corrected chi connectivity index (χ4v) is 2.04. The van der Waals surface area contributed by atoms with Gasteiger partial charge in [0.15, 0.2) is 0 Å². The Morgan fingerprint density at radius 3 is 2.53 bits per heavy atom. The van der Waals surface area contributed by atoms with Crippen LogP contribution < -0.4 is 5.32 Å². The van der Waals surface area contributed by atoms with Gasteiger partial charge in [0.25, 0.3) is 0 Å². The van der Waals surface area contributed by atoms with Crippen molar-refractivity contribution in [2.45, 2.75) is 32.2 Å². The molecule has 0 heterocycles. The lowest BCUT2D eigenvalue weighted by atomic mass is 10.1. The van der Waals surface area contributed by atoms with Crippen LogP contribution in [0.1, 0.15) is 26.2 Å². The molecule has 0 aromatic carbocycles. The maximum Gasteiger partial charge on any atom is 0.323 e. The first-order chi connectivity index (χ1) is 8.13. The number of likely N-dealkylation sites (N-methyl/N-ethyl adjacent to an activating group) is 1. The molecule has 1 N–H and O–H groups in total. The van der Waals surface area contributed by atoms with Crippen LogP contribution in [0.4, 0.5) is 0 Å². The maximum absolute atomic E-state index is 11.8. The average molecular weight is 242 g/mol. The van der Waals surface area contributed by atoms with E-state index < -0.39 is 0 Å². The molecule has 1 aliphatic carbocycles. The normalized spacial score (nSPS) is 16.7. The number of rotatable bonds is 7. The van der Waals surface area contributed by atoms with Gasteiger partial charge in [0, 0.05) is 7.05 Å². The first-order valence-corrected chi connectivity index (χ1v) is 6.16. The van der Waals surface area contributed by atoms with Crippen LogP contribution in [0.2, 0.25) is 0 Å². The highest BCUT2D eigenvalue weighted by Gasteiger charge is 2.41. The van der Waals surface area contributed by atoms with Gasteiger partial charge >= 0.3 is 5.97 Å². The van der Waals surface area contributed by atoms with Gasteiger partial charge in [-0.05, 0) is 31.7 Å². The van der Waals surface area contributed by atoms with E-state index >= 15 is 0 Å². The molecule has 1 atom stereocenters. The van der Waals surface area contributed by atoms with E-state index in [2.05, 4.69) is 5.32 Å². The van der Waals surface area contributed by atoms with Crippen LogP contribution >= 0.6 is 0 Å². The topological polar surface area (TPSA) is 58.6 Å². The molecule has 0 radical (unpaired) electrons. The lowest BCUT2D eigenvalue weighted by Crippen LogP contribution is -2.48. The Morgan fingerprint density at radius 2 is 2.12 bits per heavy atom. The van der Waals surface area contributed by atoms with E-state index in [1.165, 1.54) is 7.11 Å². The van der Waals surface area contributed by atoms with Crippen LogP contribution in [-0.2, 0) is 14.3 Å². The number of nitrogens with zero attached hydrogens (tertiary/aromatic N) is 1. The number of hydrogen-bond donors (Lipinski definition) is 1. The molecule has 0 spiro atoms. The molecule has 0 saturated heterocycles. The van der Waals surface area contributed by atoms with E-state index in [0.717, 1.165) is 25.8 Å². The number of carbonyl (C=O) groups is 2. The lowest BCUT2D eigenvalue weighted by Gasteiger charge is -2.28. The third-order valence-corrected chi connectivity index (χ3v) is 3.04. The van der Waals surface area contributed by atoms with Crippen molar-refractivity contribution in [3.8, 4) is 0 Å². The Kier molecular flexibility index (Phi) is 5.41. The molecule has 17 heavy (non-hydrogen) atoms. The van der Waals surface area contributed by atoms with E-state index in [1.807, 2.05) is 11.8 Å². The van der Waals surface area contributed by atoms with Crippen molar-refractivity contribution in [2.24, 2.45) is 5.92 Å². The Labute approximate surface area is 102 Å². The highest BCUT2D eigenvalue weighted by Crippen LogP contribution is 2.36. The van der Waals surface area contributed by atoms with E-state index in [4.69, 9.17) is 4.74 Å². The molecule has 5 heteroatoms. The van der Waals surface area contributed by atoms with Crippen molar-refractivity contribution in [1.29, 1.82) is 0 Å². The molecule has 98 valence electrons. The molecule has 0 aliphatic heterocycles. The standard InChI is InChI=1S/C12H22N2O3/c1-4-7-14(8-10(15)13-2)11(9-5-6-9)12(16)17-3/h9,11H,4-8H2,1-3H3,(H,13,15). The van der Waals surface area contributed by atoms with Gasteiger partial charge in [0.05, 0.1) is 13.7 Å². The summed E-state index contributed by atoms with van der Waals surface area (Å²) in [6, 6.07) is -0.253. The fourth-order valence-electron chi connectivity index (χ4n) is 2.04. The first-order valence-electron chi connectivity index (χ1n) is 6.16. The van der Waals surface area contributed by atoms with Gasteiger partial charge in [-0.2, -0.15) is 0 Å². The second-order valence-electron chi connectivity index (χ2n) is 4.45. The Bertz CT molecular complexity index is 277. The monoisotopic (exact) mass is 242 g/mol. The summed E-state index contributed by atoms with van der Waals surface area (Å²) in [5.41, 5.74) is 0. The van der Waals surface area contributed by atoms with E-state index in [0.29, 0.717) is 5.92 Å². The van der Waals surface area contributed by atoms with Gasteiger partial charge in [0.2, 0.25) is 5.91 Å². The van der Waals surface area contributed by atoms with E-state index in [1.54, 1.807) is 7.05 Å². The van der Waals surface area contributed by atoms with Crippen molar-refractivity contribution in [1.82, 2.24) is 10.2 Å². The van der Waals surface area contributed by atoms with Crippen molar-refractivity contribution in [3.05, 3.63) is 0 Å². The summed E-state index contributed by atoms with van der Waals surface area (Å²) >= 11 is 0. The molecule has 5 nitrogen and oxygen atoms in total. The zero-order valence-corrected chi connectivity index (χ0v) is 10.9. The predicted octanol–water partition coefficient (Wildman–Crippen LogP) is 0.396. The lowest BCUT2D eigenvalue weighted by molar-refractivity contribution is -0.148. The van der Waals surface area contributed by atoms with Gasteiger partial charge in [-0.1, -0.05) is 6.92 Å². The summed E-state index contributed by atoms with van der Waals surface area (Å²) in [6.45, 7) is 3.04. The molecule has 1 fully saturated rings. The van der Waals surface area contributed by atoms with Crippen LogP contribution in [0.15, 0.2) is 0 Å². The van der Waals surface area contributed by atoms with E-state index in [9.17, 15) is 9.59 Å². The van der Waals surface area contributed by atoms with Gasteiger partial charge < -0.3 is 10.1 Å². The summed E-state index contributed by atoms with van der Waals surface area (Å²) < 4.78 is 4.84. The van der Waals surface area contributed by atoms with Gasteiger partial charge in [-0.25, -0.2) is 0 Å². The number of hydrogen-bond acceptors (Lipinski definition) is 4. The number of esters is 1. The molecule has 1 amide bonds. The molecule has 0 aromatic heterocycles. The Hall–Kier alpha value is -1.10. The van der Waals surface area contributed by atoms with Crippen LogP contribution in [0.25, 0.3) is 0 Å². The van der Waals surface area contributed by atoms with Crippen LogP contribution in [0.5, 0.6) is 0 Å². The van der Waals surface area contributed by atoms with Crippen LogP contribution in [0, 0.1) is 5.92 Å². The molecular formula is C12H22N2O3. The van der Waals surface area contributed by atoms with Crippen LogP contribution in [0.3, 0.4) is 0 Å². The third-order valence-electron chi connectivity index (χ3n) is 3.04. The molecule has 1 aliphatic rings. The second kappa shape index (κ2) is 6.59. The van der Waals surface area contributed by atoms with Crippen molar-refractivity contribution in [2.75, 3.05) is 27.2 Å². The van der Waals surface area contributed by atoms with E-state index in [-0.39, 0.29) is 24.5 Å². The Balaban J connectivity index is 2.69. The molecule has 0 aromatic rings. The van der Waals surface area contributed by atoms with Crippen LogP contribution in [-0.4, -0.2) is 50.1 Å². The van der Waals surface area contributed by atoms with Gasteiger partial charge in [0.1, 0.15) is 6.04 Å². The minimum absolute atomic E-state index is 0.0620. The summed E-state index contributed by atoms with van der Waals surface area (Å²) in [7, 11) is 3.01. The molecule has 1 saturated carbocycles. The summed E-state index contributed by atoms with van der Waals surface area (Å²) in [5, 5.41) is 2.59. The third kappa shape index (κ3) is 4.00. The predicted molar refractivity (Wildman–Crippen MR) is 64.5 cm³/mol. The molecule has 0 bridgehead atoms. The number of carbonyl (C=O) groups excluding carboxylic acids is 2. The maximum atomic E-state index is 11.8. The first kappa shape index (κ1) is 14.0. The number of nitrogens with one attached hydrogen (secondary N) is 1. The van der Waals surface area contributed by atoms with Crippen molar-refractivity contribution < 1.29 is 14.3 Å². The number of amides is 1. The fraction of sp³-hybridized carbons (Fsp3) is 0.833. The minimum Gasteiger partial charge on any atom is -0.468 e. The average Bonchev–Trinajstić information content (AvgIpc) is 3.13. The molecular weight excluding hydrogens is 220 g/mol. The Morgan fingerprint density at radius 1 is 1.47 bits per heavy atom. The van der Waals surface area contributed by atoms with Crippen molar-refractivity contribution in [3.63, 3.8) is 0 Å². The summed E-state index contributed by atoms with van der Waals surface area (Å²) in [4.78, 5) is 25.2. The summed E-state index contributed by atoms with van der Waals surface area (Å²) in [5.74, 6) is 0.0801. The number of ether oxygens (including phenoxy) is 1. The summed E-state index contributed by atoms with van der Waals surface area (Å²) in [6.07, 6.45) is 3.01. The minimum atomic E-state index is -0.253. The van der Waals surface area contributed by atoms with Crippen molar-refractivity contribution >= 4 is 11.9 Å². The highest BCUT2D eigenvalue weighted by molar-refractivity contribution is 5.80. The van der Waals surface area contributed by atoms with Gasteiger partial charge in [-0.3, -0.25) is 14.5 Å².